The number of aromatic nitrogens is 3. The monoisotopic (exact) mass is 278 g/mol. The van der Waals surface area contributed by atoms with Crippen LogP contribution in [0.3, 0.4) is 0 Å². The minimum Gasteiger partial charge on any atom is -0.394 e. The van der Waals surface area contributed by atoms with Crippen molar-refractivity contribution in [1.82, 2.24) is 19.7 Å². The van der Waals surface area contributed by atoms with Crippen molar-refractivity contribution < 1.29 is 5.11 Å². The van der Waals surface area contributed by atoms with Gasteiger partial charge in [0.05, 0.1) is 12.6 Å². The Bertz CT molecular complexity index is 449. The van der Waals surface area contributed by atoms with E-state index in [1.807, 2.05) is 0 Å². The molecule has 5 heteroatoms. The summed E-state index contributed by atoms with van der Waals surface area (Å²) in [5.74, 6) is 2.72. The van der Waals surface area contributed by atoms with Crippen molar-refractivity contribution in [3.05, 3.63) is 11.6 Å². The average molecular weight is 278 g/mol. The summed E-state index contributed by atoms with van der Waals surface area (Å²) in [6.45, 7) is 7.04. The van der Waals surface area contributed by atoms with Crippen LogP contribution in [0.15, 0.2) is 0 Å². The lowest BCUT2D eigenvalue weighted by molar-refractivity contribution is 0.162. The molecule has 0 aromatic carbocycles. The molecule has 1 unspecified atom stereocenters. The number of likely N-dealkylation sites (tertiary alicyclic amines) is 1. The van der Waals surface area contributed by atoms with Crippen LogP contribution in [0.25, 0.3) is 0 Å². The zero-order valence-corrected chi connectivity index (χ0v) is 12.6. The molecule has 1 aromatic rings. The summed E-state index contributed by atoms with van der Waals surface area (Å²) in [5, 5.41) is 18.5. The smallest absolute Gasteiger partial charge is 0.136 e. The van der Waals surface area contributed by atoms with Crippen LogP contribution >= 0.6 is 0 Å². The minimum absolute atomic E-state index is 0.201. The number of fused-ring (bicyclic) bond motifs is 1. The highest BCUT2D eigenvalue weighted by Gasteiger charge is 2.30. The molecule has 1 atom stereocenters. The number of piperidine rings is 1. The van der Waals surface area contributed by atoms with E-state index in [1.165, 1.54) is 0 Å². The molecule has 1 aromatic heterocycles. The molecule has 112 valence electrons. The van der Waals surface area contributed by atoms with Crippen molar-refractivity contribution in [3.8, 4) is 0 Å². The van der Waals surface area contributed by atoms with E-state index in [-0.39, 0.29) is 12.6 Å². The first-order valence-electron chi connectivity index (χ1n) is 7.99. The highest BCUT2D eigenvalue weighted by molar-refractivity contribution is 5.08. The van der Waals surface area contributed by atoms with Crippen LogP contribution in [0.4, 0.5) is 0 Å². The van der Waals surface area contributed by atoms with Gasteiger partial charge in [0.2, 0.25) is 0 Å². The number of rotatable bonds is 3. The van der Waals surface area contributed by atoms with Crippen LogP contribution in [0.5, 0.6) is 0 Å². The number of aliphatic hydroxyl groups is 1. The van der Waals surface area contributed by atoms with Gasteiger partial charge in [0.15, 0.2) is 0 Å². The number of aliphatic hydroxyl groups excluding tert-OH is 1. The highest BCUT2D eigenvalue weighted by atomic mass is 16.3. The largest absolute Gasteiger partial charge is 0.394 e. The second kappa shape index (κ2) is 5.82. The maximum atomic E-state index is 9.61. The predicted octanol–water partition coefficient (Wildman–Crippen LogP) is 1.74. The predicted molar refractivity (Wildman–Crippen MR) is 77.8 cm³/mol. The first kappa shape index (κ1) is 14.0. The van der Waals surface area contributed by atoms with E-state index in [0.717, 1.165) is 56.8 Å². The van der Waals surface area contributed by atoms with Gasteiger partial charge in [0, 0.05) is 18.4 Å². The molecule has 3 heterocycles. The van der Waals surface area contributed by atoms with Crippen molar-refractivity contribution in [1.29, 1.82) is 0 Å². The topological polar surface area (TPSA) is 54.2 Å². The maximum Gasteiger partial charge on any atom is 0.136 e. The number of nitrogens with zero attached hydrogens (tertiary/aromatic N) is 4. The van der Waals surface area contributed by atoms with Crippen LogP contribution in [-0.2, 0) is 6.42 Å². The Hall–Kier alpha value is -0.940. The third-order valence-electron chi connectivity index (χ3n) is 4.93. The lowest BCUT2D eigenvalue weighted by Gasteiger charge is -2.35. The van der Waals surface area contributed by atoms with Gasteiger partial charge < -0.3 is 14.6 Å². The SMILES string of the molecule is CC(C)N1CCC(c2nnc3n2C(CO)CCC3)CC1. The number of hydrogen-bond acceptors (Lipinski definition) is 4. The summed E-state index contributed by atoms with van der Waals surface area (Å²) < 4.78 is 2.25. The molecule has 1 N–H and O–H groups in total. The van der Waals surface area contributed by atoms with Gasteiger partial charge in [-0.25, -0.2) is 0 Å². The molecule has 0 radical (unpaired) electrons. The van der Waals surface area contributed by atoms with Crippen molar-refractivity contribution in [2.45, 2.75) is 64.0 Å². The number of aryl methyl sites for hydroxylation is 1. The fourth-order valence-corrected chi connectivity index (χ4v) is 3.66. The van der Waals surface area contributed by atoms with E-state index in [4.69, 9.17) is 0 Å². The standard InChI is InChI=1S/C15H26N4O/c1-11(2)18-8-6-12(7-9-18)15-17-16-14-5-3-4-13(10-20)19(14)15/h11-13,20H,3-10H2,1-2H3. The molecule has 0 bridgehead atoms. The summed E-state index contributed by atoms with van der Waals surface area (Å²) >= 11 is 0. The second-order valence-electron chi connectivity index (χ2n) is 6.48. The molecule has 0 spiro atoms. The Balaban J connectivity index is 1.77. The molecular formula is C15H26N4O. The van der Waals surface area contributed by atoms with Gasteiger partial charge in [-0.05, 0) is 52.6 Å². The van der Waals surface area contributed by atoms with Gasteiger partial charge in [-0.2, -0.15) is 0 Å². The number of hydrogen-bond donors (Lipinski definition) is 1. The normalized spacial score (nSPS) is 25.1. The van der Waals surface area contributed by atoms with E-state index in [0.29, 0.717) is 12.0 Å². The van der Waals surface area contributed by atoms with Gasteiger partial charge >= 0.3 is 0 Å². The molecule has 20 heavy (non-hydrogen) atoms. The molecule has 2 aliphatic heterocycles. The van der Waals surface area contributed by atoms with Crippen LogP contribution in [0, 0.1) is 0 Å². The summed E-state index contributed by atoms with van der Waals surface area (Å²) in [6.07, 6.45) is 5.51. The molecule has 0 saturated carbocycles. The summed E-state index contributed by atoms with van der Waals surface area (Å²) in [6, 6.07) is 0.834. The molecule has 0 amide bonds. The molecule has 5 nitrogen and oxygen atoms in total. The van der Waals surface area contributed by atoms with Gasteiger partial charge in [0.25, 0.3) is 0 Å². The Morgan fingerprint density at radius 2 is 1.95 bits per heavy atom. The average Bonchev–Trinajstić information content (AvgIpc) is 2.91. The minimum atomic E-state index is 0.201. The van der Waals surface area contributed by atoms with Crippen molar-refractivity contribution in [2.24, 2.45) is 0 Å². The first-order chi connectivity index (χ1) is 9.70. The lowest BCUT2D eigenvalue weighted by atomic mass is 9.94. The summed E-state index contributed by atoms with van der Waals surface area (Å²) in [7, 11) is 0. The van der Waals surface area contributed by atoms with E-state index in [2.05, 4.69) is 33.5 Å². The van der Waals surface area contributed by atoms with Gasteiger partial charge in [-0.15, -0.1) is 10.2 Å². The highest BCUT2D eigenvalue weighted by Crippen LogP contribution is 2.33. The van der Waals surface area contributed by atoms with Gasteiger partial charge in [-0.3, -0.25) is 0 Å². The summed E-state index contributed by atoms with van der Waals surface area (Å²) in [5.41, 5.74) is 0. The molecular weight excluding hydrogens is 252 g/mol. The van der Waals surface area contributed by atoms with Crippen molar-refractivity contribution in [3.63, 3.8) is 0 Å². The van der Waals surface area contributed by atoms with Gasteiger partial charge in [-0.1, -0.05) is 0 Å². The summed E-state index contributed by atoms with van der Waals surface area (Å²) in [4.78, 5) is 2.54. The molecule has 3 rings (SSSR count). The lowest BCUT2D eigenvalue weighted by Crippen LogP contribution is -2.38. The molecule has 1 fully saturated rings. The van der Waals surface area contributed by atoms with E-state index >= 15 is 0 Å². The zero-order valence-electron chi connectivity index (χ0n) is 12.6. The van der Waals surface area contributed by atoms with E-state index in [9.17, 15) is 5.11 Å². The zero-order chi connectivity index (χ0) is 14.1. The Morgan fingerprint density at radius 3 is 2.60 bits per heavy atom. The third-order valence-corrected chi connectivity index (χ3v) is 4.93. The first-order valence-corrected chi connectivity index (χ1v) is 7.99. The van der Waals surface area contributed by atoms with Crippen molar-refractivity contribution >= 4 is 0 Å². The Labute approximate surface area is 121 Å². The second-order valence-corrected chi connectivity index (χ2v) is 6.48. The Morgan fingerprint density at radius 1 is 1.20 bits per heavy atom. The molecule has 1 saturated heterocycles. The fraction of sp³-hybridized carbons (Fsp3) is 0.867. The third kappa shape index (κ3) is 2.49. The molecule has 0 aliphatic carbocycles. The van der Waals surface area contributed by atoms with Crippen LogP contribution < -0.4 is 0 Å². The maximum absolute atomic E-state index is 9.61. The van der Waals surface area contributed by atoms with Gasteiger partial charge in [0.1, 0.15) is 11.6 Å². The van der Waals surface area contributed by atoms with Crippen LogP contribution in [0.1, 0.15) is 63.1 Å². The van der Waals surface area contributed by atoms with E-state index in [1.54, 1.807) is 0 Å². The molecule has 2 aliphatic rings. The van der Waals surface area contributed by atoms with E-state index < -0.39 is 0 Å². The fourth-order valence-electron chi connectivity index (χ4n) is 3.66. The Kier molecular flexibility index (Phi) is 4.08. The quantitative estimate of drug-likeness (QED) is 0.915. The van der Waals surface area contributed by atoms with Crippen LogP contribution in [-0.4, -0.2) is 50.5 Å². The van der Waals surface area contributed by atoms with Crippen molar-refractivity contribution in [2.75, 3.05) is 19.7 Å². The van der Waals surface area contributed by atoms with Crippen LogP contribution in [0.2, 0.25) is 0 Å².